The van der Waals surface area contributed by atoms with Gasteiger partial charge in [-0.15, -0.1) is 0 Å². The summed E-state index contributed by atoms with van der Waals surface area (Å²) in [5, 5.41) is 0. The fourth-order valence-corrected chi connectivity index (χ4v) is 3.24. The number of ether oxygens (including phenoxy) is 3. The van der Waals surface area contributed by atoms with Gasteiger partial charge >= 0.3 is 6.01 Å². The Bertz CT molecular complexity index is 759. The van der Waals surface area contributed by atoms with Crippen LogP contribution in [0.3, 0.4) is 0 Å². The van der Waals surface area contributed by atoms with Gasteiger partial charge in [0, 0.05) is 62.6 Å². The number of piperidine rings is 1. The molecule has 0 N–H and O–H groups in total. The van der Waals surface area contributed by atoms with Gasteiger partial charge in [-0.25, -0.2) is 15.0 Å². The Morgan fingerprint density at radius 3 is 2.59 bits per heavy atom. The van der Waals surface area contributed by atoms with Gasteiger partial charge in [0.2, 0.25) is 5.88 Å². The average molecular weight is 370 g/mol. The molecule has 0 saturated carbocycles. The predicted octanol–water partition coefficient (Wildman–Crippen LogP) is 1.72. The van der Waals surface area contributed by atoms with E-state index in [4.69, 9.17) is 14.2 Å². The fourth-order valence-electron chi connectivity index (χ4n) is 3.24. The molecule has 2 aromatic rings. The second-order valence-corrected chi connectivity index (χ2v) is 6.63. The van der Waals surface area contributed by atoms with Crippen LogP contribution in [0.2, 0.25) is 0 Å². The molecule has 2 aliphatic heterocycles. The van der Waals surface area contributed by atoms with Crippen molar-refractivity contribution < 1.29 is 19.0 Å². The predicted molar refractivity (Wildman–Crippen MR) is 95.7 cm³/mol. The van der Waals surface area contributed by atoms with Gasteiger partial charge in [0.05, 0.1) is 13.2 Å². The minimum Gasteiger partial charge on any atom is -0.472 e. The van der Waals surface area contributed by atoms with E-state index in [0.29, 0.717) is 43.8 Å². The van der Waals surface area contributed by atoms with Gasteiger partial charge in [0.25, 0.3) is 5.91 Å². The fraction of sp³-hybridized carbons (Fsp3) is 0.474. The highest BCUT2D eigenvalue weighted by Gasteiger charge is 2.26. The summed E-state index contributed by atoms with van der Waals surface area (Å²) in [4.78, 5) is 27.0. The maximum atomic E-state index is 12.8. The van der Waals surface area contributed by atoms with Crippen LogP contribution in [0.15, 0.2) is 36.8 Å². The van der Waals surface area contributed by atoms with E-state index in [1.165, 1.54) is 0 Å². The van der Waals surface area contributed by atoms with Crippen LogP contribution in [0.5, 0.6) is 11.9 Å². The van der Waals surface area contributed by atoms with Gasteiger partial charge in [0.1, 0.15) is 12.2 Å². The molecule has 1 atom stereocenters. The summed E-state index contributed by atoms with van der Waals surface area (Å²) in [6.07, 6.45) is 7.30. The average Bonchev–Trinajstić information content (AvgIpc) is 3.22. The number of amides is 1. The Morgan fingerprint density at radius 1 is 1.04 bits per heavy atom. The van der Waals surface area contributed by atoms with Gasteiger partial charge in [-0.1, -0.05) is 0 Å². The molecule has 8 heteroatoms. The normalized spacial score (nSPS) is 20.4. The zero-order valence-corrected chi connectivity index (χ0v) is 15.0. The Balaban J connectivity index is 1.32. The first-order chi connectivity index (χ1) is 13.3. The summed E-state index contributed by atoms with van der Waals surface area (Å²) in [5.74, 6) is 0.454. The molecule has 27 heavy (non-hydrogen) atoms. The summed E-state index contributed by atoms with van der Waals surface area (Å²) in [7, 11) is 0. The third-order valence-corrected chi connectivity index (χ3v) is 4.70. The highest BCUT2D eigenvalue weighted by Crippen LogP contribution is 2.20. The Labute approximate surface area is 157 Å². The Kier molecular flexibility index (Phi) is 5.43. The van der Waals surface area contributed by atoms with Crippen molar-refractivity contribution in [1.82, 2.24) is 19.9 Å². The van der Waals surface area contributed by atoms with Crippen molar-refractivity contribution >= 4 is 5.91 Å². The molecule has 4 rings (SSSR count). The molecule has 2 aromatic heterocycles. The second kappa shape index (κ2) is 8.30. The SMILES string of the molecule is O=C(c1ccnc(O[C@@H]2CCOC2)c1)N1CCC(Oc2ncccn2)CC1. The van der Waals surface area contributed by atoms with Crippen LogP contribution in [0.1, 0.15) is 29.6 Å². The highest BCUT2D eigenvalue weighted by atomic mass is 16.5. The number of pyridine rings is 1. The molecule has 2 fully saturated rings. The molecule has 8 nitrogen and oxygen atoms in total. The number of aromatic nitrogens is 3. The van der Waals surface area contributed by atoms with Crippen LogP contribution in [-0.4, -0.2) is 64.3 Å². The van der Waals surface area contributed by atoms with Crippen molar-refractivity contribution in [2.45, 2.75) is 31.5 Å². The Hall–Kier alpha value is -2.74. The van der Waals surface area contributed by atoms with E-state index in [1.807, 2.05) is 4.90 Å². The molecule has 0 unspecified atom stereocenters. The maximum Gasteiger partial charge on any atom is 0.316 e. The van der Waals surface area contributed by atoms with Crippen LogP contribution in [0.4, 0.5) is 0 Å². The van der Waals surface area contributed by atoms with E-state index in [2.05, 4.69) is 15.0 Å². The summed E-state index contributed by atoms with van der Waals surface area (Å²) in [6, 6.07) is 5.57. The first-order valence-corrected chi connectivity index (χ1v) is 9.21. The summed E-state index contributed by atoms with van der Waals surface area (Å²) in [5.41, 5.74) is 0.588. The van der Waals surface area contributed by atoms with Gasteiger partial charge in [0.15, 0.2) is 0 Å². The summed E-state index contributed by atoms with van der Waals surface area (Å²) >= 11 is 0. The lowest BCUT2D eigenvalue weighted by atomic mass is 10.1. The zero-order chi connectivity index (χ0) is 18.5. The standard InChI is InChI=1S/C19H22N4O4/c24-18(14-2-8-20-17(12-14)26-16-5-11-25-13-16)23-9-3-15(4-10-23)27-19-21-6-1-7-22-19/h1-2,6-8,12,15-16H,3-5,9-11,13H2/t16-/m1/s1. The third kappa shape index (κ3) is 4.51. The molecular formula is C19H22N4O4. The molecule has 1 amide bonds. The third-order valence-electron chi connectivity index (χ3n) is 4.70. The van der Waals surface area contributed by atoms with Gasteiger partial charge in [-0.3, -0.25) is 4.79 Å². The van der Waals surface area contributed by atoms with Gasteiger partial charge in [-0.2, -0.15) is 0 Å². The molecule has 0 radical (unpaired) electrons. The molecule has 2 saturated heterocycles. The molecule has 0 aliphatic carbocycles. The van der Waals surface area contributed by atoms with Crippen LogP contribution in [0.25, 0.3) is 0 Å². The number of hydrogen-bond acceptors (Lipinski definition) is 7. The first-order valence-electron chi connectivity index (χ1n) is 9.21. The van der Waals surface area contributed by atoms with Crippen molar-refractivity contribution in [3.63, 3.8) is 0 Å². The van der Waals surface area contributed by atoms with Crippen LogP contribution >= 0.6 is 0 Å². The first kappa shape index (κ1) is 17.7. The number of rotatable bonds is 5. The van der Waals surface area contributed by atoms with Crippen molar-refractivity contribution in [2.75, 3.05) is 26.3 Å². The van der Waals surface area contributed by atoms with Crippen LogP contribution in [0, 0.1) is 0 Å². The minimum absolute atomic E-state index is 0.0101. The van der Waals surface area contributed by atoms with Crippen molar-refractivity contribution in [3.8, 4) is 11.9 Å². The Morgan fingerprint density at radius 2 is 1.85 bits per heavy atom. The summed E-state index contributed by atoms with van der Waals surface area (Å²) < 4.78 is 16.9. The highest BCUT2D eigenvalue weighted by molar-refractivity contribution is 5.94. The molecular weight excluding hydrogens is 348 g/mol. The molecule has 0 spiro atoms. The van der Waals surface area contributed by atoms with E-state index in [0.717, 1.165) is 19.3 Å². The number of likely N-dealkylation sites (tertiary alicyclic amines) is 1. The largest absolute Gasteiger partial charge is 0.472 e. The van der Waals surface area contributed by atoms with Gasteiger partial charge < -0.3 is 19.1 Å². The number of hydrogen-bond donors (Lipinski definition) is 0. The lowest BCUT2D eigenvalue weighted by Crippen LogP contribution is -2.42. The molecule has 2 aliphatic rings. The molecule has 4 heterocycles. The van der Waals surface area contributed by atoms with Gasteiger partial charge in [-0.05, 0) is 12.1 Å². The topological polar surface area (TPSA) is 86.7 Å². The minimum atomic E-state index is -0.0145. The van der Waals surface area contributed by atoms with E-state index in [9.17, 15) is 4.79 Å². The van der Waals surface area contributed by atoms with Crippen molar-refractivity contribution in [2.24, 2.45) is 0 Å². The zero-order valence-electron chi connectivity index (χ0n) is 15.0. The number of carbonyl (C=O) groups excluding carboxylic acids is 1. The lowest BCUT2D eigenvalue weighted by molar-refractivity contribution is 0.0577. The van der Waals surface area contributed by atoms with E-state index in [-0.39, 0.29) is 18.1 Å². The molecule has 142 valence electrons. The number of carbonyl (C=O) groups is 1. The molecule has 0 aromatic carbocycles. The van der Waals surface area contributed by atoms with Crippen molar-refractivity contribution in [1.29, 1.82) is 0 Å². The smallest absolute Gasteiger partial charge is 0.316 e. The van der Waals surface area contributed by atoms with Crippen LogP contribution in [-0.2, 0) is 4.74 Å². The monoisotopic (exact) mass is 370 g/mol. The quantitative estimate of drug-likeness (QED) is 0.792. The lowest BCUT2D eigenvalue weighted by Gasteiger charge is -2.31. The van der Waals surface area contributed by atoms with E-state index >= 15 is 0 Å². The molecule has 0 bridgehead atoms. The maximum absolute atomic E-state index is 12.8. The van der Waals surface area contributed by atoms with E-state index < -0.39 is 0 Å². The van der Waals surface area contributed by atoms with Crippen molar-refractivity contribution in [3.05, 3.63) is 42.4 Å². The van der Waals surface area contributed by atoms with Crippen LogP contribution < -0.4 is 9.47 Å². The summed E-state index contributed by atoms with van der Waals surface area (Å²) in [6.45, 7) is 2.53. The second-order valence-electron chi connectivity index (χ2n) is 6.63. The van der Waals surface area contributed by atoms with E-state index in [1.54, 1.807) is 36.8 Å². The number of nitrogens with zero attached hydrogens (tertiary/aromatic N) is 4.